The van der Waals surface area contributed by atoms with Crippen LogP contribution in [0.15, 0.2) is 35.2 Å². The Morgan fingerprint density at radius 2 is 1.89 bits per heavy atom. The summed E-state index contributed by atoms with van der Waals surface area (Å²) in [7, 11) is 3.47. The smallest absolute Gasteiger partial charge is 0.261 e. The van der Waals surface area contributed by atoms with Crippen LogP contribution in [0.5, 0.6) is 0 Å². The van der Waals surface area contributed by atoms with E-state index in [0.717, 1.165) is 16.5 Å². The molecule has 0 saturated carbocycles. The second-order valence-electron chi connectivity index (χ2n) is 3.70. The number of benzene rings is 2. The number of hydrogen-bond donors (Lipinski definition) is 0. The van der Waals surface area contributed by atoms with Crippen LogP contribution in [-0.2, 0) is 9.05 Å². The predicted molar refractivity (Wildman–Crippen MR) is 84.4 cm³/mol. The Morgan fingerprint density at radius 1 is 1.22 bits per heavy atom. The summed E-state index contributed by atoms with van der Waals surface area (Å²) in [6.45, 7) is 0. The van der Waals surface area contributed by atoms with Gasteiger partial charge in [0.15, 0.2) is 0 Å². The third-order valence-electron chi connectivity index (χ3n) is 2.52. The molecule has 0 unspecified atom stereocenters. The van der Waals surface area contributed by atoms with Crippen molar-refractivity contribution in [3.63, 3.8) is 0 Å². The van der Waals surface area contributed by atoms with Crippen molar-refractivity contribution >= 4 is 70.7 Å². The average molecular weight is 416 g/mol. The van der Waals surface area contributed by atoms with E-state index in [4.69, 9.17) is 22.3 Å². The molecule has 96 valence electrons. The third kappa shape index (κ3) is 2.68. The second kappa shape index (κ2) is 5.03. The summed E-state index contributed by atoms with van der Waals surface area (Å²) in [4.78, 5) is 0.0725. The first-order valence-corrected chi connectivity index (χ1v) is 8.52. The number of fused-ring (bicyclic) bond motifs is 1. The van der Waals surface area contributed by atoms with Crippen molar-refractivity contribution in [1.82, 2.24) is 0 Å². The van der Waals surface area contributed by atoms with Crippen LogP contribution in [0, 0.1) is 0 Å². The number of nitrogens with zero attached hydrogens (tertiary/aromatic N) is 1. The van der Waals surface area contributed by atoms with Crippen molar-refractivity contribution < 1.29 is 8.42 Å². The predicted octanol–water partition coefficient (Wildman–Crippen LogP) is 4.21. The maximum absolute atomic E-state index is 11.3. The zero-order valence-corrected chi connectivity index (χ0v) is 13.7. The first-order chi connectivity index (χ1) is 8.30. The second-order valence-corrected chi connectivity index (χ2v) is 8.09. The minimum absolute atomic E-state index is 0.0725. The molecule has 0 radical (unpaired) electrons. The van der Waals surface area contributed by atoms with Crippen LogP contribution < -0.4 is 3.11 Å². The van der Waals surface area contributed by atoms with Crippen LogP contribution in [0.2, 0.25) is 5.02 Å². The molecular weight excluding hydrogens is 408 g/mol. The van der Waals surface area contributed by atoms with Gasteiger partial charge in [-0.25, -0.2) is 8.42 Å². The Balaban J connectivity index is 2.73. The van der Waals surface area contributed by atoms with Crippen LogP contribution in [0.3, 0.4) is 0 Å². The molecule has 0 heterocycles. The lowest BCUT2D eigenvalue weighted by atomic mass is 10.1. The summed E-state index contributed by atoms with van der Waals surface area (Å²) in [6.07, 6.45) is 0. The van der Waals surface area contributed by atoms with E-state index in [1.165, 1.54) is 12.1 Å². The van der Waals surface area contributed by atoms with Gasteiger partial charge in [-0.3, -0.25) is 0 Å². The zero-order valence-electron chi connectivity index (χ0n) is 9.19. The van der Waals surface area contributed by atoms with Crippen molar-refractivity contribution in [3.05, 3.63) is 35.4 Å². The standard InChI is InChI=1S/C11H8Cl2INO2S/c1-15(14)10-5-2-7-6-8(18(13,16)17)3-4-9(7)11(10)12/h2-6H,1H3. The molecule has 0 aromatic heterocycles. The monoisotopic (exact) mass is 415 g/mol. The highest BCUT2D eigenvalue weighted by Gasteiger charge is 2.13. The molecule has 0 fully saturated rings. The van der Waals surface area contributed by atoms with E-state index in [1.807, 2.05) is 22.3 Å². The number of hydrogen-bond acceptors (Lipinski definition) is 3. The molecule has 0 bridgehead atoms. The highest BCUT2D eigenvalue weighted by molar-refractivity contribution is 14.1. The summed E-state index contributed by atoms with van der Waals surface area (Å²) in [5.74, 6) is 0. The van der Waals surface area contributed by atoms with Gasteiger partial charge in [0.25, 0.3) is 9.05 Å². The highest BCUT2D eigenvalue weighted by atomic mass is 127. The SMILES string of the molecule is CN(I)c1ccc2cc(S(=O)(=O)Cl)ccc2c1Cl. The van der Waals surface area contributed by atoms with E-state index in [1.54, 1.807) is 6.07 Å². The lowest BCUT2D eigenvalue weighted by Crippen LogP contribution is -2.00. The van der Waals surface area contributed by atoms with E-state index in [9.17, 15) is 8.42 Å². The summed E-state index contributed by atoms with van der Waals surface area (Å²) < 4.78 is 24.4. The molecule has 0 spiro atoms. The largest absolute Gasteiger partial charge is 0.316 e. The molecule has 3 nitrogen and oxygen atoms in total. The molecule has 18 heavy (non-hydrogen) atoms. The summed E-state index contributed by atoms with van der Waals surface area (Å²) in [5, 5.41) is 2.12. The zero-order chi connectivity index (χ0) is 13.5. The molecule has 0 N–H and O–H groups in total. The van der Waals surface area contributed by atoms with Crippen LogP contribution in [0.25, 0.3) is 10.8 Å². The van der Waals surface area contributed by atoms with Gasteiger partial charge in [0.2, 0.25) is 0 Å². The maximum Gasteiger partial charge on any atom is 0.261 e. The Morgan fingerprint density at radius 3 is 2.44 bits per heavy atom. The topological polar surface area (TPSA) is 37.4 Å². The van der Waals surface area contributed by atoms with Crippen LogP contribution in [0.4, 0.5) is 5.69 Å². The fourth-order valence-corrected chi connectivity index (χ4v) is 3.34. The van der Waals surface area contributed by atoms with Gasteiger partial charge in [-0.05, 0) is 23.6 Å². The van der Waals surface area contributed by atoms with Crippen molar-refractivity contribution in [2.24, 2.45) is 0 Å². The van der Waals surface area contributed by atoms with Crippen LogP contribution in [0.1, 0.15) is 0 Å². The van der Waals surface area contributed by atoms with Gasteiger partial charge >= 0.3 is 0 Å². The van der Waals surface area contributed by atoms with Crippen molar-refractivity contribution in [2.45, 2.75) is 4.90 Å². The van der Waals surface area contributed by atoms with Crippen LogP contribution in [-0.4, -0.2) is 15.5 Å². The molecule has 0 aliphatic heterocycles. The van der Waals surface area contributed by atoms with Gasteiger partial charge in [0, 0.05) is 23.1 Å². The lowest BCUT2D eigenvalue weighted by Gasteiger charge is -2.13. The number of anilines is 1. The van der Waals surface area contributed by atoms with Gasteiger partial charge in [-0.15, -0.1) is 0 Å². The molecule has 7 heteroatoms. The van der Waals surface area contributed by atoms with Crippen LogP contribution >= 0.6 is 45.1 Å². The Kier molecular flexibility index (Phi) is 3.96. The van der Waals surface area contributed by atoms with E-state index >= 15 is 0 Å². The van der Waals surface area contributed by atoms with E-state index in [-0.39, 0.29) is 4.90 Å². The van der Waals surface area contributed by atoms with E-state index in [2.05, 4.69) is 22.9 Å². The fraction of sp³-hybridized carbons (Fsp3) is 0.0909. The minimum Gasteiger partial charge on any atom is -0.316 e. The third-order valence-corrected chi connectivity index (χ3v) is 4.79. The van der Waals surface area contributed by atoms with Gasteiger partial charge in [-0.2, -0.15) is 0 Å². The number of rotatable bonds is 2. The van der Waals surface area contributed by atoms with Gasteiger partial charge < -0.3 is 3.11 Å². The van der Waals surface area contributed by atoms with Crippen molar-refractivity contribution in [3.8, 4) is 0 Å². The normalized spacial score (nSPS) is 11.8. The molecule has 2 rings (SSSR count). The van der Waals surface area contributed by atoms with Crippen molar-refractivity contribution in [2.75, 3.05) is 10.2 Å². The first kappa shape index (κ1) is 14.2. The Hall–Kier alpha value is -0.240. The molecule has 2 aromatic carbocycles. The lowest BCUT2D eigenvalue weighted by molar-refractivity contribution is 0.609. The maximum atomic E-state index is 11.3. The van der Waals surface area contributed by atoms with E-state index in [0.29, 0.717) is 5.02 Å². The van der Waals surface area contributed by atoms with Gasteiger partial charge in [0.05, 0.1) is 38.5 Å². The highest BCUT2D eigenvalue weighted by Crippen LogP contribution is 2.35. The Labute approximate surface area is 129 Å². The molecule has 2 aromatic rings. The van der Waals surface area contributed by atoms with Crippen molar-refractivity contribution in [1.29, 1.82) is 0 Å². The Bertz CT molecular complexity index is 716. The minimum atomic E-state index is -3.72. The summed E-state index contributed by atoms with van der Waals surface area (Å²) >= 11 is 8.39. The molecule has 0 atom stereocenters. The fourth-order valence-electron chi connectivity index (χ4n) is 1.65. The average Bonchev–Trinajstić information content (AvgIpc) is 2.27. The summed E-state index contributed by atoms with van der Waals surface area (Å²) in [6, 6.07) is 8.28. The summed E-state index contributed by atoms with van der Waals surface area (Å²) in [5.41, 5.74) is 0.867. The molecule has 0 aliphatic carbocycles. The van der Waals surface area contributed by atoms with Gasteiger partial charge in [-0.1, -0.05) is 23.7 Å². The molecular formula is C11H8Cl2INO2S. The van der Waals surface area contributed by atoms with E-state index < -0.39 is 9.05 Å². The quantitative estimate of drug-likeness (QED) is 0.419. The van der Waals surface area contributed by atoms with Gasteiger partial charge in [0.1, 0.15) is 0 Å². The number of halogens is 3. The first-order valence-electron chi connectivity index (χ1n) is 4.87. The molecule has 0 amide bonds. The molecule has 0 saturated heterocycles. The molecule has 0 aliphatic rings.